The van der Waals surface area contributed by atoms with E-state index in [2.05, 4.69) is 24.9 Å². The summed E-state index contributed by atoms with van der Waals surface area (Å²) in [5.74, 6) is 1.92. The molecule has 4 rings (SSSR count). The van der Waals surface area contributed by atoms with E-state index in [1.165, 1.54) is 12.1 Å². The molecule has 0 N–H and O–H groups in total. The van der Waals surface area contributed by atoms with E-state index in [0.717, 1.165) is 41.8 Å². The quantitative estimate of drug-likeness (QED) is 0.684. The van der Waals surface area contributed by atoms with Gasteiger partial charge in [0.25, 0.3) is 0 Å². The summed E-state index contributed by atoms with van der Waals surface area (Å²) in [5.41, 5.74) is 3.04. The van der Waals surface area contributed by atoms with Crippen LogP contribution < -0.4 is 9.80 Å². The van der Waals surface area contributed by atoms with Crippen molar-refractivity contribution in [2.45, 2.75) is 20.8 Å². The van der Waals surface area contributed by atoms with Crippen LogP contribution in [0.15, 0.2) is 30.3 Å². The number of aryl methyl sites for hydroxylation is 3. The summed E-state index contributed by atoms with van der Waals surface area (Å²) in [5, 5.41) is 13.6. The monoisotopic (exact) mass is 391 g/mol. The van der Waals surface area contributed by atoms with Gasteiger partial charge in [-0.2, -0.15) is 10.4 Å². The molecular weight excluding hydrogens is 369 g/mol. The minimum Gasteiger partial charge on any atom is -0.368 e. The highest BCUT2D eigenvalue weighted by Gasteiger charge is 2.21. The Bertz CT molecular complexity index is 1090. The predicted molar refractivity (Wildman–Crippen MR) is 109 cm³/mol. The Labute approximate surface area is 169 Å². The number of nitrogens with zero attached hydrogens (tertiary/aromatic N) is 7. The molecule has 7 nitrogen and oxygen atoms in total. The van der Waals surface area contributed by atoms with Gasteiger partial charge in [0, 0.05) is 43.6 Å². The molecule has 1 aliphatic heterocycles. The fourth-order valence-corrected chi connectivity index (χ4v) is 3.68. The van der Waals surface area contributed by atoms with Crippen LogP contribution in [0.3, 0.4) is 0 Å². The Morgan fingerprint density at radius 1 is 0.897 bits per heavy atom. The smallest absolute Gasteiger partial charge is 0.159 e. The molecule has 3 heterocycles. The third-order valence-electron chi connectivity index (χ3n) is 5.02. The van der Waals surface area contributed by atoms with Crippen molar-refractivity contribution in [2.75, 3.05) is 36.0 Å². The van der Waals surface area contributed by atoms with E-state index in [0.29, 0.717) is 24.5 Å². The predicted octanol–water partition coefficient (Wildman–Crippen LogP) is 2.92. The van der Waals surface area contributed by atoms with Gasteiger partial charge in [0.2, 0.25) is 0 Å². The van der Waals surface area contributed by atoms with Gasteiger partial charge in [-0.25, -0.2) is 19.0 Å². The van der Waals surface area contributed by atoms with Gasteiger partial charge < -0.3 is 9.80 Å². The van der Waals surface area contributed by atoms with E-state index >= 15 is 0 Å². The number of benzene rings is 1. The van der Waals surface area contributed by atoms with Crippen LogP contribution >= 0.6 is 0 Å². The SMILES string of the molecule is Cc1cc(C)n(-c2cc(N3CCN(c4cc(F)cc(C#N)c4)CC3)nc(C)n2)n1. The summed E-state index contributed by atoms with van der Waals surface area (Å²) < 4.78 is 15.6. The van der Waals surface area contributed by atoms with Crippen LogP contribution in [0.1, 0.15) is 22.8 Å². The summed E-state index contributed by atoms with van der Waals surface area (Å²) in [6.07, 6.45) is 0. The molecule has 2 aromatic heterocycles. The van der Waals surface area contributed by atoms with E-state index < -0.39 is 0 Å². The van der Waals surface area contributed by atoms with Crippen LogP contribution in [0.5, 0.6) is 0 Å². The second-order valence-corrected chi connectivity index (χ2v) is 7.25. The first-order valence-electron chi connectivity index (χ1n) is 9.53. The topological polar surface area (TPSA) is 73.9 Å². The summed E-state index contributed by atoms with van der Waals surface area (Å²) >= 11 is 0. The van der Waals surface area contributed by atoms with Crippen LogP contribution in [-0.4, -0.2) is 45.9 Å². The molecule has 148 valence electrons. The molecule has 29 heavy (non-hydrogen) atoms. The number of halogens is 1. The van der Waals surface area contributed by atoms with Crippen molar-refractivity contribution >= 4 is 11.5 Å². The van der Waals surface area contributed by atoms with E-state index in [9.17, 15) is 4.39 Å². The Balaban J connectivity index is 1.54. The second kappa shape index (κ2) is 7.51. The van der Waals surface area contributed by atoms with Crippen LogP contribution in [0.25, 0.3) is 5.82 Å². The minimum absolute atomic E-state index is 0.336. The maximum absolute atomic E-state index is 13.8. The molecular formula is C21H22FN7. The first kappa shape index (κ1) is 18.9. The largest absolute Gasteiger partial charge is 0.368 e. The molecule has 0 aliphatic carbocycles. The molecule has 0 bridgehead atoms. The van der Waals surface area contributed by atoms with Crippen LogP contribution in [-0.2, 0) is 0 Å². The molecule has 0 atom stereocenters. The van der Waals surface area contributed by atoms with E-state index in [1.54, 1.807) is 6.07 Å². The Hall–Kier alpha value is -3.47. The molecule has 0 saturated carbocycles. The maximum Gasteiger partial charge on any atom is 0.159 e. The van der Waals surface area contributed by atoms with Gasteiger partial charge in [-0.1, -0.05) is 0 Å². The highest BCUT2D eigenvalue weighted by Crippen LogP contribution is 2.23. The van der Waals surface area contributed by atoms with Gasteiger partial charge in [0.15, 0.2) is 5.82 Å². The Morgan fingerprint density at radius 3 is 2.24 bits per heavy atom. The highest BCUT2D eigenvalue weighted by atomic mass is 19.1. The maximum atomic E-state index is 13.8. The van der Waals surface area contributed by atoms with Crippen molar-refractivity contribution in [1.29, 1.82) is 5.26 Å². The number of hydrogen-bond acceptors (Lipinski definition) is 6. The minimum atomic E-state index is -0.387. The third kappa shape index (κ3) is 3.90. The van der Waals surface area contributed by atoms with Gasteiger partial charge >= 0.3 is 0 Å². The van der Waals surface area contributed by atoms with Crippen LogP contribution in [0.4, 0.5) is 15.9 Å². The number of rotatable bonds is 3. The van der Waals surface area contributed by atoms with Crippen LogP contribution in [0, 0.1) is 37.9 Å². The fraction of sp³-hybridized carbons (Fsp3) is 0.333. The van der Waals surface area contributed by atoms with Crippen molar-refractivity contribution < 1.29 is 4.39 Å². The lowest BCUT2D eigenvalue weighted by atomic mass is 10.1. The van der Waals surface area contributed by atoms with Gasteiger partial charge in [-0.3, -0.25) is 0 Å². The number of piperazine rings is 1. The molecule has 8 heteroatoms. The average Bonchev–Trinajstić information content (AvgIpc) is 3.05. The van der Waals surface area contributed by atoms with Crippen molar-refractivity contribution in [3.63, 3.8) is 0 Å². The first-order chi connectivity index (χ1) is 13.9. The van der Waals surface area contributed by atoms with Crippen molar-refractivity contribution in [3.8, 4) is 11.9 Å². The van der Waals surface area contributed by atoms with Crippen molar-refractivity contribution in [1.82, 2.24) is 19.7 Å². The summed E-state index contributed by atoms with van der Waals surface area (Å²) in [6, 6.07) is 10.5. The molecule has 1 fully saturated rings. The molecule has 0 amide bonds. The van der Waals surface area contributed by atoms with Crippen LogP contribution in [0.2, 0.25) is 0 Å². The molecule has 0 unspecified atom stereocenters. The number of nitriles is 1. The average molecular weight is 391 g/mol. The zero-order valence-corrected chi connectivity index (χ0v) is 16.7. The highest BCUT2D eigenvalue weighted by molar-refractivity contribution is 5.54. The fourth-order valence-electron chi connectivity index (χ4n) is 3.68. The standard InChI is InChI=1S/C21H22FN7/c1-14-8-15(2)29(26-14)21-12-20(24-16(3)25-21)28-6-4-27(5-7-28)19-10-17(13-23)9-18(22)11-19/h8-12H,4-7H2,1-3H3. The Kier molecular flexibility index (Phi) is 4.89. The molecule has 0 spiro atoms. The zero-order chi connectivity index (χ0) is 20.5. The summed E-state index contributed by atoms with van der Waals surface area (Å²) in [7, 11) is 0. The molecule has 1 aliphatic rings. The zero-order valence-electron chi connectivity index (χ0n) is 16.7. The lowest BCUT2D eigenvalue weighted by Crippen LogP contribution is -2.47. The van der Waals surface area contributed by atoms with E-state index in [4.69, 9.17) is 5.26 Å². The number of hydrogen-bond donors (Lipinski definition) is 0. The third-order valence-corrected chi connectivity index (χ3v) is 5.02. The van der Waals surface area contributed by atoms with Gasteiger partial charge in [-0.15, -0.1) is 0 Å². The second-order valence-electron chi connectivity index (χ2n) is 7.25. The number of anilines is 2. The molecule has 0 radical (unpaired) electrons. The molecule has 3 aromatic rings. The van der Waals surface area contributed by atoms with Crippen molar-refractivity contribution in [3.05, 3.63) is 58.9 Å². The van der Waals surface area contributed by atoms with E-state index in [-0.39, 0.29) is 5.82 Å². The van der Waals surface area contributed by atoms with Crippen molar-refractivity contribution in [2.24, 2.45) is 0 Å². The number of aromatic nitrogens is 4. The first-order valence-corrected chi connectivity index (χ1v) is 9.53. The lowest BCUT2D eigenvalue weighted by Gasteiger charge is -2.37. The molecule has 1 aromatic carbocycles. The Morgan fingerprint density at radius 2 is 1.59 bits per heavy atom. The summed E-state index contributed by atoms with van der Waals surface area (Å²) in [4.78, 5) is 13.4. The lowest BCUT2D eigenvalue weighted by molar-refractivity contribution is 0.618. The van der Waals surface area contributed by atoms with Gasteiger partial charge in [0.05, 0.1) is 17.3 Å². The normalized spacial score (nSPS) is 14.2. The van der Waals surface area contributed by atoms with Gasteiger partial charge in [-0.05, 0) is 45.0 Å². The molecule has 1 saturated heterocycles. The summed E-state index contributed by atoms with van der Waals surface area (Å²) in [6.45, 7) is 8.76. The van der Waals surface area contributed by atoms with Gasteiger partial charge in [0.1, 0.15) is 17.5 Å². The van der Waals surface area contributed by atoms with E-state index in [1.807, 2.05) is 43.7 Å².